The van der Waals surface area contributed by atoms with Crippen molar-refractivity contribution in [3.05, 3.63) is 85.5 Å². The predicted octanol–water partition coefficient (Wildman–Crippen LogP) is 0.945. The van der Waals surface area contributed by atoms with Gasteiger partial charge in [-0.25, -0.2) is 18.7 Å². The molecule has 0 saturated heterocycles. The molecular weight excluding hydrogens is 280 g/mol. The molecule has 4 heterocycles. The van der Waals surface area contributed by atoms with Crippen LogP contribution in [0.5, 0.6) is 0 Å². The summed E-state index contributed by atoms with van der Waals surface area (Å²) in [5, 5.41) is 17.3. The molecule has 4 aromatic rings. The standard InChI is InChI=1S/C14H12N8/c1-5-15-19(9-1)13(20-10-2-6-16-20)14(21-11-3-7-17-21)22-12-4-8-18-22/h1-12H. The van der Waals surface area contributed by atoms with E-state index in [-0.39, 0.29) is 0 Å². The summed E-state index contributed by atoms with van der Waals surface area (Å²) in [5.74, 6) is 1.42. The molecule has 0 radical (unpaired) electrons. The van der Waals surface area contributed by atoms with E-state index in [1.165, 1.54) is 0 Å². The average Bonchev–Trinajstić information content (AvgIpc) is 3.35. The number of hydrogen-bond acceptors (Lipinski definition) is 4. The van der Waals surface area contributed by atoms with Crippen molar-refractivity contribution in [2.75, 3.05) is 0 Å². The molecule has 0 amide bonds. The van der Waals surface area contributed by atoms with E-state index in [1.54, 1.807) is 43.5 Å². The summed E-state index contributed by atoms with van der Waals surface area (Å²) in [7, 11) is 0. The SMILES string of the molecule is c1cnn(C(=C(n2cccn2)n2cccn2)n2cccn2)c1. The van der Waals surface area contributed by atoms with Gasteiger partial charge < -0.3 is 0 Å². The van der Waals surface area contributed by atoms with E-state index < -0.39 is 0 Å². The lowest BCUT2D eigenvalue weighted by atomic mass is 10.5. The molecule has 0 unspecified atom stereocenters. The summed E-state index contributed by atoms with van der Waals surface area (Å²) in [6, 6.07) is 7.42. The summed E-state index contributed by atoms with van der Waals surface area (Å²) in [4.78, 5) is 0. The first kappa shape index (κ1) is 12.3. The Hall–Kier alpha value is -3.42. The van der Waals surface area contributed by atoms with Crippen molar-refractivity contribution in [1.82, 2.24) is 39.1 Å². The average molecular weight is 292 g/mol. The molecule has 22 heavy (non-hydrogen) atoms. The largest absolute Gasteiger partial charge is 0.219 e. The lowest BCUT2D eigenvalue weighted by molar-refractivity contribution is 0.515. The quantitative estimate of drug-likeness (QED) is 0.561. The van der Waals surface area contributed by atoms with Crippen LogP contribution in [-0.4, -0.2) is 39.1 Å². The van der Waals surface area contributed by atoms with Crippen LogP contribution in [0.2, 0.25) is 0 Å². The van der Waals surface area contributed by atoms with Gasteiger partial charge in [0.2, 0.25) is 0 Å². The van der Waals surface area contributed by atoms with Crippen LogP contribution >= 0.6 is 0 Å². The fourth-order valence-electron chi connectivity index (χ4n) is 2.20. The molecule has 0 atom stereocenters. The third-order valence-corrected chi connectivity index (χ3v) is 3.09. The van der Waals surface area contributed by atoms with Crippen LogP contribution in [0.25, 0.3) is 0 Å². The molecule has 0 N–H and O–H groups in total. The Morgan fingerprint density at radius 1 is 0.455 bits per heavy atom. The number of hydrogen-bond donors (Lipinski definition) is 0. The molecule has 0 aliphatic rings. The number of rotatable bonds is 4. The molecule has 0 aromatic carbocycles. The molecule has 0 saturated carbocycles. The molecule has 8 nitrogen and oxygen atoms in total. The van der Waals surface area contributed by atoms with E-state index in [9.17, 15) is 0 Å². The van der Waals surface area contributed by atoms with Crippen LogP contribution < -0.4 is 0 Å². The smallest absolute Gasteiger partial charge is 0.200 e. The highest BCUT2D eigenvalue weighted by Crippen LogP contribution is 2.10. The predicted molar refractivity (Wildman–Crippen MR) is 77.0 cm³/mol. The second-order valence-corrected chi connectivity index (χ2v) is 4.45. The lowest BCUT2D eigenvalue weighted by Gasteiger charge is -2.15. The molecular formula is C14H12N8. The molecule has 108 valence electrons. The molecule has 0 spiro atoms. The molecule has 0 bridgehead atoms. The third kappa shape index (κ3) is 2.03. The third-order valence-electron chi connectivity index (χ3n) is 3.09. The second kappa shape index (κ2) is 5.17. The minimum absolute atomic E-state index is 0.711. The molecule has 8 heteroatoms. The number of aromatic nitrogens is 8. The summed E-state index contributed by atoms with van der Waals surface area (Å²) in [6.07, 6.45) is 14.3. The summed E-state index contributed by atoms with van der Waals surface area (Å²) in [5.41, 5.74) is 0. The maximum atomic E-state index is 4.33. The zero-order valence-corrected chi connectivity index (χ0v) is 11.5. The first-order valence-electron chi connectivity index (χ1n) is 6.68. The van der Waals surface area contributed by atoms with Crippen molar-refractivity contribution in [1.29, 1.82) is 0 Å². The van der Waals surface area contributed by atoms with Crippen molar-refractivity contribution in [3.8, 4) is 0 Å². The monoisotopic (exact) mass is 292 g/mol. The van der Waals surface area contributed by atoms with Crippen LogP contribution in [-0.2, 0) is 0 Å². The van der Waals surface area contributed by atoms with Gasteiger partial charge in [-0.2, -0.15) is 20.4 Å². The van der Waals surface area contributed by atoms with Gasteiger partial charge >= 0.3 is 0 Å². The van der Waals surface area contributed by atoms with Crippen molar-refractivity contribution in [2.45, 2.75) is 0 Å². The van der Waals surface area contributed by atoms with Gasteiger partial charge in [-0.15, -0.1) is 0 Å². The molecule has 0 aliphatic heterocycles. The van der Waals surface area contributed by atoms with Crippen molar-refractivity contribution < 1.29 is 0 Å². The van der Waals surface area contributed by atoms with Gasteiger partial charge in [0.05, 0.1) is 0 Å². The van der Waals surface area contributed by atoms with E-state index in [0.29, 0.717) is 11.6 Å². The highest BCUT2D eigenvalue weighted by atomic mass is 15.5. The van der Waals surface area contributed by atoms with Crippen LogP contribution in [0.4, 0.5) is 0 Å². The number of nitrogens with zero attached hydrogens (tertiary/aromatic N) is 8. The maximum absolute atomic E-state index is 4.33. The summed E-state index contributed by atoms with van der Waals surface area (Å²) < 4.78 is 6.91. The Labute approximate surface area is 125 Å². The van der Waals surface area contributed by atoms with E-state index >= 15 is 0 Å². The second-order valence-electron chi connectivity index (χ2n) is 4.45. The van der Waals surface area contributed by atoms with E-state index in [2.05, 4.69) is 20.4 Å². The minimum atomic E-state index is 0.711. The Morgan fingerprint density at radius 3 is 0.909 bits per heavy atom. The minimum Gasteiger partial charge on any atom is -0.219 e. The van der Waals surface area contributed by atoms with Gasteiger partial charge in [-0.1, -0.05) is 0 Å². The normalized spacial score (nSPS) is 10.7. The first-order chi connectivity index (χ1) is 10.9. The molecule has 0 fully saturated rings. The Balaban J connectivity index is 2.06. The van der Waals surface area contributed by atoms with Crippen LogP contribution in [0.3, 0.4) is 0 Å². The van der Waals surface area contributed by atoms with Crippen molar-refractivity contribution in [3.63, 3.8) is 0 Å². The highest BCUT2D eigenvalue weighted by molar-refractivity contribution is 5.05. The maximum Gasteiger partial charge on any atom is 0.200 e. The summed E-state index contributed by atoms with van der Waals surface area (Å²) >= 11 is 0. The zero-order valence-electron chi connectivity index (χ0n) is 11.5. The van der Waals surface area contributed by atoms with Crippen LogP contribution in [0, 0.1) is 11.6 Å². The molecule has 4 rings (SSSR count). The fraction of sp³-hybridized carbons (Fsp3) is 0. The molecule has 4 aromatic heterocycles. The Morgan fingerprint density at radius 2 is 0.727 bits per heavy atom. The highest BCUT2D eigenvalue weighted by Gasteiger charge is 2.17. The molecule has 0 aliphatic carbocycles. The van der Waals surface area contributed by atoms with E-state index in [1.807, 2.05) is 49.1 Å². The van der Waals surface area contributed by atoms with Crippen LogP contribution in [0.15, 0.2) is 73.8 Å². The lowest BCUT2D eigenvalue weighted by Crippen LogP contribution is -2.25. The Bertz CT molecular complexity index is 705. The van der Waals surface area contributed by atoms with Crippen molar-refractivity contribution >= 4 is 0 Å². The zero-order chi connectivity index (χ0) is 14.8. The van der Waals surface area contributed by atoms with Gasteiger partial charge in [0.25, 0.3) is 0 Å². The van der Waals surface area contributed by atoms with Crippen LogP contribution in [0.1, 0.15) is 0 Å². The summed E-state index contributed by atoms with van der Waals surface area (Å²) in [6.45, 7) is 0. The topological polar surface area (TPSA) is 71.3 Å². The Kier molecular flexibility index (Phi) is 2.90. The van der Waals surface area contributed by atoms with E-state index in [4.69, 9.17) is 0 Å². The fourth-order valence-corrected chi connectivity index (χ4v) is 2.20. The first-order valence-corrected chi connectivity index (χ1v) is 6.68. The van der Waals surface area contributed by atoms with Crippen molar-refractivity contribution in [2.24, 2.45) is 0 Å². The van der Waals surface area contributed by atoms with Gasteiger partial charge in [-0.05, 0) is 24.3 Å². The van der Waals surface area contributed by atoms with Gasteiger partial charge in [0, 0.05) is 49.6 Å². The van der Waals surface area contributed by atoms with Gasteiger partial charge in [-0.3, -0.25) is 0 Å². The van der Waals surface area contributed by atoms with Gasteiger partial charge in [0.1, 0.15) is 0 Å². The van der Waals surface area contributed by atoms with Gasteiger partial charge in [0.15, 0.2) is 11.6 Å². The van der Waals surface area contributed by atoms with E-state index in [0.717, 1.165) is 0 Å².